The van der Waals surface area contributed by atoms with Gasteiger partial charge < -0.3 is 15.7 Å². The number of amides is 1. The first-order valence-corrected chi connectivity index (χ1v) is 9.26. The minimum atomic E-state index is -1.17. The average molecular weight is 406 g/mol. The average Bonchev–Trinajstić information content (AvgIpc) is 3.11. The smallest absolute Gasteiger partial charge is 0.352 e. The van der Waals surface area contributed by atoms with E-state index in [2.05, 4.69) is 15.7 Å². The number of nitrogens with one attached hydrogen (secondary N) is 2. The van der Waals surface area contributed by atoms with Gasteiger partial charge >= 0.3 is 5.97 Å². The van der Waals surface area contributed by atoms with Gasteiger partial charge in [0, 0.05) is 5.69 Å². The van der Waals surface area contributed by atoms with Crippen LogP contribution in [0.2, 0.25) is 0 Å². The number of carboxylic acids is 1. The molecule has 8 heteroatoms. The molecule has 2 heterocycles. The van der Waals surface area contributed by atoms with E-state index in [1.807, 2.05) is 32.0 Å². The number of nitrogens with zero attached hydrogens (tertiary/aromatic N) is 2. The summed E-state index contributed by atoms with van der Waals surface area (Å²) in [7, 11) is 0. The van der Waals surface area contributed by atoms with E-state index in [9.17, 15) is 19.1 Å². The number of aliphatic carboxylic acids is 1. The van der Waals surface area contributed by atoms with Crippen LogP contribution < -0.4 is 10.6 Å². The molecule has 0 aliphatic carbocycles. The van der Waals surface area contributed by atoms with Gasteiger partial charge in [0.1, 0.15) is 22.9 Å². The van der Waals surface area contributed by atoms with Crippen molar-refractivity contribution in [3.8, 4) is 0 Å². The molecular formula is C22H19FN4O3. The van der Waals surface area contributed by atoms with Crippen molar-refractivity contribution in [2.45, 2.75) is 19.9 Å². The molecule has 30 heavy (non-hydrogen) atoms. The van der Waals surface area contributed by atoms with Crippen LogP contribution >= 0.6 is 0 Å². The van der Waals surface area contributed by atoms with Crippen LogP contribution in [-0.4, -0.2) is 26.8 Å². The van der Waals surface area contributed by atoms with E-state index in [0.29, 0.717) is 11.3 Å². The second kappa shape index (κ2) is 7.47. The van der Waals surface area contributed by atoms with Gasteiger partial charge in [0.05, 0.1) is 12.2 Å². The Balaban J connectivity index is 1.71. The molecule has 1 aliphatic rings. The highest BCUT2D eigenvalue weighted by Crippen LogP contribution is 2.32. The third kappa shape index (κ3) is 3.67. The maximum absolute atomic E-state index is 13.3. The van der Waals surface area contributed by atoms with Gasteiger partial charge in [-0.05, 0) is 60.9 Å². The number of aromatic nitrogens is 2. The molecule has 1 atom stereocenters. The van der Waals surface area contributed by atoms with Crippen LogP contribution in [0.15, 0.2) is 60.4 Å². The molecule has 152 valence electrons. The molecule has 0 saturated heterocycles. The van der Waals surface area contributed by atoms with Crippen molar-refractivity contribution in [3.63, 3.8) is 0 Å². The summed E-state index contributed by atoms with van der Waals surface area (Å²) in [6.45, 7) is 3.87. The van der Waals surface area contributed by atoms with E-state index < -0.39 is 23.7 Å². The number of halogens is 1. The fourth-order valence-corrected chi connectivity index (χ4v) is 3.53. The van der Waals surface area contributed by atoms with Gasteiger partial charge in [0.15, 0.2) is 0 Å². The van der Waals surface area contributed by atoms with Crippen LogP contribution in [-0.2, 0) is 4.79 Å². The standard InChI is InChI=1S/C22H19FN4O3/c1-12-7-13(2)9-16(8-12)25-21(28)17-11-24-27-19(14-3-5-15(23)6-4-14)10-18(22(29)30)26-20(17)27/h3-11,19,26H,1-2H3,(H,25,28)(H,29,30). The van der Waals surface area contributed by atoms with Crippen LogP contribution in [0.5, 0.6) is 0 Å². The SMILES string of the molecule is Cc1cc(C)cc(NC(=O)c2cnn3c2NC(C(=O)O)=CC3c2ccc(F)cc2)c1. The topological polar surface area (TPSA) is 96.3 Å². The molecule has 0 radical (unpaired) electrons. The minimum Gasteiger partial charge on any atom is -0.477 e. The number of aryl methyl sites for hydroxylation is 2. The molecule has 0 spiro atoms. The highest BCUT2D eigenvalue weighted by Gasteiger charge is 2.29. The predicted molar refractivity (Wildman–Crippen MR) is 110 cm³/mol. The molecule has 3 aromatic rings. The zero-order chi connectivity index (χ0) is 21.4. The summed E-state index contributed by atoms with van der Waals surface area (Å²) in [6, 6.07) is 10.8. The van der Waals surface area contributed by atoms with Crippen molar-refractivity contribution < 1.29 is 19.1 Å². The van der Waals surface area contributed by atoms with E-state index in [1.54, 1.807) is 12.1 Å². The largest absolute Gasteiger partial charge is 0.477 e. The summed E-state index contributed by atoms with van der Waals surface area (Å²) >= 11 is 0. The molecule has 1 aromatic heterocycles. The van der Waals surface area contributed by atoms with Gasteiger partial charge in [-0.1, -0.05) is 18.2 Å². The third-order valence-electron chi connectivity index (χ3n) is 4.80. The number of allylic oxidation sites excluding steroid dienone is 1. The lowest BCUT2D eigenvalue weighted by atomic mass is 10.0. The Hall–Kier alpha value is -3.94. The maximum Gasteiger partial charge on any atom is 0.352 e. The second-order valence-corrected chi connectivity index (χ2v) is 7.19. The number of benzene rings is 2. The van der Waals surface area contributed by atoms with Crippen molar-refractivity contribution in [2.24, 2.45) is 0 Å². The van der Waals surface area contributed by atoms with Gasteiger partial charge in [0.2, 0.25) is 0 Å². The number of fused-ring (bicyclic) bond motifs is 1. The van der Waals surface area contributed by atoms with Crippen LogP contribution in [0.4, 0.5) is 15.9 Å². The molecule has 2 aromatic carbocycles. The molecule has 0 fully saturated rings. The third-order valence-corrected chi connectivity index (χ3v) is 4.80. The number of carbonyl (C=O) groups is 2. The van der Waals surface area contributed by atoms with Crippen molar-refractivity contribution in [3.05, 3.63) is 88.5 Å². The highest BCUT2D eigenvalue weighted by atomic mass is 19.1. The molecule has 7 nitrogen and oxygen atoms in total. The summed E-state index contributed by atoms with van der Waals surface area (Å²) in [5, 5.41) is 19.4. The van der Waals surface area contributed by atoms with E-state index >= 15 is 0 Å². The van der Waals surface area contributed by atoms with E-state index in [-0.39, 0.29) is 17.1 Å². The van der Waals surface area contributed by atoms with Crippen LogP contribution in [0.1, 0.15) is 33.1 Å². The number of rotatable bonds is 4. The van der Waals surface area contributed by atoms with Gasteiger partial charge in [-0.3, -0.25) is 4.79 Å². The first-order chi connectivity index (χ1) is 14.3. The fourth-order valence-electron chi connectivity index (χ4n) is 3.53. The van der Waals surface area contributed by atoms with Crippen LogP contribution in [0, 0.1) is 19.7 Å². The Morgan fingerprint density at radius 2 is 1.80 bits per heavy atom. The molecule has 0 saturated carbocycles. The second-order valence-electron chi connectivity index (χ2n) is 7.19. The maximum atomic E-state index is 13.3. The minimum absolute atomic E-state index is 0.0854. The first-order valence-electron chi connectivity index (χ1n) is 9.26. The fraction of sp³-hybridized carbons (Fsp3) is 0.136. The Labute approximate surface area is 171 Å². The zero-order valence-corrected chi connectivity index (χ0v) is 16.3. The lowest BCUT2D eigenvalue weighted by Gasteiger charge is -2.24. The molecule has 1 aliphatic heterocycles. The quantitative estimate of drug-likeness (QED) is 0.611. The Kier molecular flexibility index (Phi) is 4.83. The zero-order valence-electron chi connectivity index (χ0n) is 16.3. The van der Waals surface area contributed by atoms with E-state index in [4.69, 9.17) is 0 Å². The molecule has 3 N–H and O–H groups in total. The molecule has 1 unspecified atom stereocenters. The first kappa shape index (κ1) is 19.4. The van der Waals surface area contributed by atoms with Gasteiger partial charge in [0.25, 0.3) is 5.91 Å². The predicted octanol–water partition coefficient (Wildman–Crippen LogP) is 3.87. The van der Waals surface area contributed by atoms with Crippen LogP contribution in [0.3, 0.4) is 0 Å². The van der Waals surface area contributed by atoms with Crippen LogP contribution in [0.25, 0.3) is 0 Å². The van der Waals surface area contributed by atoms with Crippen molar-refractivity contribution in [2.75, 3.05) is 10.6 Å². The summed E-state index contributed by atoms with van der Waals surface area (Å²) < 4.78 is 14.8. The molecule has 4 rings (SSSR count). The molecule has 1 amide bonds. The Morgan fingerprint density at radius 1 is 1.13 bits per heavy atom. The normalized spacial score (nSPS) is 15.0. The summed E-state index contributed by atoms with van der Waals surface area (Å²) in [5.74, 6) is -1.73. The van der Waals surface area contributed by atoms with Crippen molar-refractivity contribution in [1.29, 1.82) is 0 Å². The van der Waals surface area contributed by atoms with Crippen molar-refractivity contribution in [1.82, 2.24) is 9.78 Å². The monoisotopic (exact) mass is 406 g/mol. The van der Waals surface area contributed by atoms with Gasteiger partial charge in [-0.15, -0.1) is 0 Å². The Morgan fingerprint density at radius 3 is 2.43 bits per heavy atom. The summed E-state index contributed by atoms with van der Waals surface area (Å²) in [6.07, 6.45) is 2.86. The number of anilines is 2. The number of carboxylic acid groups (broad SMARTS) is 1. The number of hydrogen-bond acceptors (Lipinski definition) is 4. The summed E-state index contributed by atoms with van der Waals surface area (Å²) in [5.41, 5.74) is 3.41. The van der Waals surface area contributed by atoms with Gasteiger partial charge in [-0.2, -0.15) is 5.10 Å². The van der Waals surface area contributed by atoms with Gasteiger partial charge in [-0.25, -0.2) is 13.9 Å². The number of hydrogen-bond donors (Lipinski definition) is 3. The van der Waals surface area contributed by atoms with E-state index in [0.717, 1.165) is 11.1 Å². The van der Waals surface area contributed by atoms with Crippen molar-refractivity contribution >= 4 is 23.4 Å². The molecule has 0 bridgehead atoms. The molecular weight excluding hydrogens is 387 g/mol. The highest BCUT2D eigenvalue weighted by molar-refractivity contribution is 6.08. The number of carbonyl (C=O) groups excluding carboxylic acids is 1. The lowest BCUT2D eigenvalue weighted by Crippen LogP contribution is -2.25. The summed E-state index contributed by atoms with van der Waals surface area (Å²) in [4.78, 5) is 24.6. The Bertz CT molecular complexity index is 1160. The lowest BCUT2D eigenvalue weighted by molar-refractivity contribution is -0.132. The van der Waals surface area contributed by atoms with E-state index in [1.165, 1.54) is 29.1 Å².